The van der Waals surface area contributed by atoms with Crippen molar-refractivity contribution in [3.05, 3.63) is 50.7 Å². The number of halogens is 1. The molecule has 1 aromatic heterocycles. The lowest BCUT2D eigenvalue weighted by Gasteiger charge is -2.16. The van der Waals surface area contributed by atoms with E-state index in [1.807, 2.05) is 18.4 Å². The molecule has 106 valence electrons. The maximum absolute atomic E-state index is 11.6. The molecule has 0 saturated carbocycles. The number of aliphatic carboxylic acids is 1. The number of benzene rings is 1. The summed E-state index contributed by atoms with van der Waals surface area (Å²) in [5, 5.41) is 12.0. The zero-order valence-electron chi connectivity index (χ0n) is 11.2. The first kappa shape index (κ1) is 14.9. The standard InChI is InChI=1S/C15H15ClO3S/c1-9-5-6-20-14(9)8-12(15(17)18)11-7-10(16)3-4-13(11)19-2/h3-7,12H,8H2,1-2H3,(H,17,18). The second kappa shape index (κ2) is 6.29. The second-order valence-corrected chi connectivity index (χ2v) is 5.95. The number of methoxy groups -OCH3 is 1. The van der Waals surface area contributed by atoms with Crippen LogP contribution in [0.3, 0.4) is 0 Å². The summed E-state index contributed by atoms with van der Waals surface area (Å²) in [6.45, 7) is 1.99. The minimum absolute atomic E-state index is 0.440. The van der Waals surface area contributed by atoms with Crippen LogP contribution in [0.15, 0.2) is 29.6 Å². The molecule has 1 heterocycles. The first-order valence-electron chi connectivity index (χ1n) is 6.12. The van der Waals surface area contributed by atoms with Gasteiger partial charge in [0.15, 0.2) is 0 Å². The van der Waals surface area contributed by atoms with Gasteiger partial charge >= 0.3 is 5.97 Å². The van der Waals surface area contributed by atoms with Gasteiger partial charge in [-0.1, -0.05) is 11.6 Å². The fourth-order valence-corrected chi connectivity index (χ4v) is 3.24. The maximum atomic E-state index is 11.6. The predicted octanol–water partition coefficient (Wildman–Crippen LogP) is 4.13. The van der Waals surface area contributed by atoms with Gasteiger partial charge in [0.1, 0.15) is 5.75 Å². The lowest BCUT2D eigenvalue weighted by Crippen LogP contribution is -2.15. The van der Waals surface area contributed by atoms with Crippen molar-refractivity contribution in [1.82, 2.24) is 0 Å². The zero-order chi connectivity index (χ0) is 14.7. The third-order valence-corrected chi connectivity index (χ3v) is 4.50. The summed E-state index contributed by atoms with van der Waals surface area (Å²) in [7, 11) is 1.53. The van der Waals surface area contributed by atoms with Crippen LogP contribution in [0, 0.1) is 6.92 Å². The van der Waals surface area contributed by atoms with E-state index < -0.39 is 11.9 Å². The molecule has 1 N–H and O–H groups in total. The molecule has 5 heteroatoms. The van der Waals surface area contributed by atoms with Crippen molar-refractivity contribution in [2.24, 2.45) is 0 Å². The van der Waals surface area contributed by atoms with Gasteiger partial charge in [-0.25, -0.2) is 0 Å². The Hall–Kier alpha value is -1.52. The average molecular weight is 311 g/mol. The van der Waals surface area contributed by atoms with Crippen LogP contribution in [0.5, 0.6) is 5.75 Å². The maximum Gasteiger partial charge on any atom is 0.311 e. The number of ether oxygens (including phenoxy) is 1. The van der Waals surface area contributed by atoms with Crippen LogP contribution in [-0.4, -0.2) is 18.2 Å². The van der Waals surface area contributed by atoms with Gasteiger partial charge in [-0.15, -0.1) is 11.3 Å². The fraction of sp³-hybridized carbons (Fsp3) is 0.267. The Morgan fingerprint density at radius 1 is 1.45 bits per heavy atom. The van der Waals surface area contributed by atoms with E-state index in [0.717, 1.165) is 10.4 Å². The quantitative estimate of drug-likeness (QED) is 0.903. The molecule has 1 aromatic carbocycles. The molecule has 0 spiro atoms. The van der Waals surface area contributed by atoms with Crippen LogP contribution >= 0.6 is 22.9 Å². The predicted molar refractivity (Wildman–Crippen MR) is 81.1 cm³/mol. The molecular formula is C15H15ClO3S. The highest BCUT2D eigenvalue weighted by Gasteiger charge is 2.25. The van der Waals surface area contributed by atoms with Crippen LogP contribution in [-0.2, 0) is 11.2 Å². The van der Waals surface area contributed by atoms with Crippen molar-refractivity contribution >= 4 is 28.9 Å². The SMILES string of the molecule is COc1ccc(Cl)cc1C(Cc1sccc1C)C(=O)O. The normalized spacial score (nSPS) is 12.2. The topological polar surface area (TPSA) is 46.5 Å². The van der Waals surface area contributed by atoms with Gasteiger partial charge in [0, 0.05) is 15.5 Å². The van der Waals surface area contributed by atoms with Crippen molar-refractivity contribution in [3.63, 3.8) is 0 Å². The Balaban J connectivity index is 2.41. The van der Waals surface area contributed by atoms with E-state index in [1.54, 1.807) is 29.5 Å². The Bertz CT molecular complexity index is 621. The van der Waals surface area contributed by atoms with Gasteiger partial charge in [0.25, 0.3) is 0 Å². The van der Waals surface area contributed by atoms with Gasteiger partial charge in [-0.2, -0.15) is 0 Å². The molecule has 1 atom stereocenters. The second-order valence-electron chi connectivity index (χ2n) is 4.51. The van der Waals surface area contributed by atoms with Crippen LogP contribution in [0.25, 0.3) is 0 Å². The van der Waals surface area contributed by atoms with E-state index in [-0.39, 0.29) is 0 Å². The molecule has 0 aliphatic carbocycles. The number of aryl methyl sites for hydroxylation is 1. The molecule has 2 aromatic rings. The Kier molecular flexibility index (Phi) is 4.68. The molecule has 2 rings (SSSR count). The summed E-state index contributed by atoms with van der Waals surface area (Å²) in [6, 6.07) is 7.06. The number of hydrogen-bond acceptors (Lipinski definition) is 3. The van der Waals surface area contributed by atoms with Crippen molar-refractivity contribution in [2.45, 2.75) is 19.3 Å². The minimum Gasteiger partial charge on any atom is -0.496 e. The van der Waals surface area contributed by atoms with Crippen molar-refractivity contribution in [1.29, 1.82) is 0 Å². The van der Waals surface area contributed by atoms with Crippen molar-refractivity contribution < 1.29 is 14.6 Å². The van der Waals surface area contributed by atoms with Crippen LogP contribution in [0.1, 0.15) is 21.9 Å². The number of carbonyl (C=O) groups is 1. The minimum atomic E-state index is -0.877. The molecule has 0 radical (unpaired) electrons. The van der Waals surface area contributed by atoms with E-state index in [9.17, 15) is 9.90 Å². The highest BCUT2D eigenvalue weighted by atomic mass is 35.5. The van der Waals surface area contributed by atoms with E-state index in [2.05, 4.69) is 0 Å². The summed E-state index contributed by atoms with van der Waals surface area (Å²) in [6.07, 6.45) is 0.440. The Morgan fingerprint density at radius 2 is 2.20 bits per heavy atom. The summed E-state index contributed by atoms with van der Waals surface area (Å²) < 4.78 is 5.26. The third kappa shape index (κ3) is 3.14. The molecule has 0 aliphatic rings. The summed E-state index contributed by atoms with van der Waals surface area (Å²) in [5.74, 6) is -0.990. The number of carboxylic acid groups (broad SMARTS) is 1. The summed E-state index contributed by atoms with van der Waals surface area (Å²) in [5.41, 5.74) is 1.72. The highest BCUT2D eigenvalue weighted by Crippen LogP contribution is 2.33. The first-order valence-corrected chi connectivity index (χ1v) is 7.38. The molecule has 1 unspecified atom stereocenters. The first-order chi connectivity index (χ1) is 9.52. The van der Waals surface area contributed by atoms with Crippen molar-refractivity contribution in [2.75, 3.05) is 7.11 Å². The van der Waals surface area contributed by atoms with Crippen molar-refractivity contribution in [3.8, 4) is 5.75 Å². The number of hydrogen-bond donors (Lipinski definition) is 1. The number of rotatable bonds is 5. The molecule has 0 fully saturated rings. The molecule has 0 saturated heterocycles. The Labute approximate surface area is 126 Å². The average Bonchev–Trinajstić information content (AvgIpc) is 2.81. The molecular weight excluding hydrogens is 296 g/mol. The van der Waals surface area contributed by atoms with Gasteiger partial charge in [-0.05, 0) is 48.6 Å². The zero-order valence-corrected chi connectivity index (χ0v) is 12.8. The number of carboxylic acids is 1. The van der Waals surface area contributed by atoms with E-state index in [0.29, 0.717) is 22.8 Å². The third-order valence-electron chi connectivity index (χ3n) is 3.22. The lowest BCUT2D eigenvalue weighted by molar-refractivity contribution is -0.138. The molecule has 3 nitrogen and oxygen atoms in total. The fourth-order valence-electron chi connectivity index (χ4n) is 2.11. The Morgan fingerprint density at radius 3 is 2.75 bits per heavy atom. The van der Waals surface area contributed by atoms with E-state index >= 15 is 0 Å². The van der Waals surface area contributed by atoms with Gasteiger partial charge < -0.3 is 9.84 Å². The molecule has 20 heavy (non-hydrogen) atoms. The highest BCUT2D eigenvalue weighted by molar-refractivity contribution is 7.10. The summed E-state index contributed by atoms with van der Waals surface area (Å²) >= 11 is 7.56. The monoisotopic (exact) mass is 310 g/mol. The smallest absolute Gasteiger partial charge is 0.311 e. The van der Waals surface area contributed by atoms with Gasteiger partial charge in [0.2, 0.25) is 0 Å². The largest absolute Gasteiger partial charge is 0.496 e. The van der Waals surface area contributed by atoms with E-state index in [1.165, 1.54) is 7.11 Å². The van der Waals surface area contributed by atoms with E-state index in [4.69, 9.17) is 16.3 Å². The molecule has 0 amide bonds. The number of thiophene rings is 1. The van der Waals surface area contributed by atoms with Crippen LogP contribution in [0.4, 0.5) is 0 Å². The molecule has 0 bridgehead atoms. The van der Waals surface area contributed by atoms with Crippen LogP contribution < -0.4 is 4.74 Å². The lowest BCUT2D eigenvalue weighted by atomic mass is 9.93. The van der Waals surface area contributed by atoms with Gasteiger partial charge in [0.05, 0.1) is 13.0 Å². The van der Waals surface area contributed by atoms with Crippen LogP contribution in [0.2, 0.25) is 5.02 Å². The molecule has 0 aliphatic heterocycles. The van der Waals surface area contributed by atoms with Gasteiger partial charge in [-0.3, -0.25) is 4.79 Å². The summed E-state index contributed by atoms with van der Waals surface area (Å²) in [4.78, 5) is 12.7.